The number of ether oxygens (including phenoxy) is 1. The molecule has 12 heavy (non-hydrogen) atoms. The van der Waals surface area contributed by atoms with Crippen LogP contribution in [-0.2, 0) is 9.53 Å². The standard InChI is InChI=1S/C9H19O2P/c1-6(2)11-8(4)5-7(3)9(10)12/h6-8H,5,12H2,1-4H3. The van der Waals surface area contributed by atoms with Gasteiger partial charge in [0.1, 0.15) is 0 Å². The lowest BCUT2D eigenvalue weighted by molar-refractivity contribution is -0.115. The van der Waals surface area contributed by atoms with Crippen LogP contribution in [0.15, 0.2) is 0 Å². The van der Waals surface area contributed by atoms with E-state index in [1.165, 1.54) is 0 Å². The van der Waals surface area contributed by atoms with Gasteiger partial charge in [-0.1, -0.05) is 16.2 Å². The summed E-state index contributed by atoms with van der Waals surface area (Å²) in [5.41, 5.74) is 0.161. The van der Waals surface area contributed by atoms with Crippen molar-refractivity contribution in [3.63, 3.8) is 0 Å². The van der Waals surface area contributed by atoms with Crippen LogP contribution in [0.25, 0.3) is 0 Å². The molecule has 0 amide bonds. The van der Waals surface area contributed by atoms with Crippen molar-refractivity contribution >= 4 is 14.8 Å². The summed E-state index contributed by atoms with van der Waals surface area (Å²) in [6.07, 6.45) is 1.22. The predicted molar refractivity (Wildman–Crippen MR) is 54.2 cm³/mol. The first-order chi connectivity index (χ1) is 5.43. The fourth-order valence-corrected chi connectivity index (χ4v) is 1.27. The lowest BCUT2D eigenvalue weighted by Crippen LogP contribution is -2.19. The molecule has 3 unspecified atom stereocenters. The summed E-state index contributed by atoms with van der Waals surface area (Å²) in [6, 6.07) is 0. The summed E-state index contributed by atoms with van der Waals surface area (Å²) < 4.78 is 5.51. The first-order valence-corrected chi connectivity index (χ1v) is 4.96. The SMILES string of the molecule is CC(C)OC(C)CC(C)C(=O)P. The zero-order valence-electron chi connectivity index (χ0n) is 8.33. The normalized spacial score (nSPS) is 16.2. The molecule has 3 heteroatoms. The smallest absolute Gasteiger partial charge is 0.151 e. The minimum atomic E-state index is 0.0868. The van der Waals surface area contributed by atoms with Crippen molar-refractivity contribution in [1.29, 1.82) is 0 Å². The second-order valence-electron chi connectivity index (χ2n) is 3.53. The lowest BCUT2D eigenvalue weighted by Gasteiger charge is -2.18. The Morgan fingerprint density at radius 3 is 2.17 bits per heavy atom. The third-order valence-corrected chi connectivity index (χ3v) is 2.24. The van der Waals surface area contributed by atoms with Gasteiger partial charge >= 0.3 is 0 Å². The maximum absolute atomic E-state index is 10.9. The molecule has 3 atom stereocenters. The van der Waals surface area contributed by atoms with E-state index in [-0.39, 0.29) is 23.7 Å². The molecule has 0 aromatic heterocycles. The molecule has 0 aliphatic carbocycles. The van der Waals surface area contributed by atoms with Crippen molar-refractivity contribution in [1.82, 2.24) is 0 Å². The number of hydrogen-bond acceptors (Lipinski definition) is 2. The van der Waals surface area contributed by atoms with Gasteiger partial charge in [-0.3, -0.25) is 4.79 Å². The van der Waals surface area contributed by atoms with Gasteiger partial charge in [0.25, 0.3) is 0 Å². The summed E-state index contributed by atoms with van der Waals surface area (Å²) in [5.74, 6) is 0.0868. The number of carbonyl (C=O) groups is 1. The van der Waals surface area contributed by atoms with Crippen LogP contribution in [0, 0.1) is 5.92 Å². The monoisotopic (exact) mass is 190 g/mol. The Bertz CT molecular complexity index is 145. The average Bonchev–Trinajstić information content (AvgIpc) is 1.84. The van der Waals surface area contributed by atoms with Gasteiger partial charge in [0.15, 0.2) is 5.52 Å². The summed E-state index contributed by atoms with van der Waals surface area (Å²) in [5, 5.41) is 0. The van der Waals surface area contributed by atoms with Crippen LogP contribution in [0.5, 0.6) is 0 Å². The molecule has 0 N–H and O–H groups in total. The van der Waals surface area contributed by atoms with Crippen molar-refractivity contribution in [2.45, 2.75) is 46.3 Å². The molecule has 0 spiro atoms. The Balaban J connectivity index is 3.68. The van der Waals surface area contributed by atoms with Crippen LogP contribution in [0.3, 0.4) is 0 Å². The fraction of sp³-hybridized carbons (Fsp3) is 0.889. The summed E-state index contributed by atoms with van der Waals surface area (Å²) >= 11 is 0. The molecule has 0 aromatic rings. The van der Waals surface area contributed by atoms with Crippen LogP contribution in [-0.4, -0.2) is 17.7 Å². The molecule has 0 aliphatic rings. The minimum Gasteiger partial charge on any atom is -0.376 e. The maximum Gasteiger partial charge on any atom is 0.151 e. The molecule has 0 saturated carbocycles. The van der Waals surface area contributed by atoms with Gasteiger partial charge < -0.3 is 4.74 Å². The van der Waals surface area contributed by atoms with E-state index >= 15 is 0 Å². The largest absolute Gasteiger partial charge is 0.376 e. The van der Waals surface area contributed by atoms with E-state index in [0.29, 0.717) is 0 Å². The molecule has 72 valence electrons. The van der Waals surface area contributed by atoms with E-state index in [2.05, 4.69) is 9.24 Å². The highest BCUT2D eigenvalue weighted by atomic mass is 31.0. The predicted octanol–water partition coefficient (Wildman–Crippen LogP) is 2.23. The molecular weight excluding hydrogens is 171 g/mol. The van der Waals surface area contributed by atoms with E-state index < -0.39 is 0 Å². The van der Waals surface area contributed by atoms with Crippen LogP contribution in [0.1, 0.15) is 34.1 Å². The van der Waals surface area contributed by atoms with E-state index in [0.717, 1.165) is 6.42 Å². The highest BCUT2D eigenvalue weighted by molar-refractivity contribution is 7.40. The molecule has 0 radical (unpaired) electrons. The van der Waals surface area contributed by atoms with E-state index in [1.807, 2.05) is 27.7 Å². The molecule has 0 aliphatic heterocycles. The Kier molecular flexibility index (Phi) is 5.69. The van der Waals surface area contributed by atoms with Crippen LogP contribution in [0.4, 0.5) is 0 Å². The molecule has 0 bridgehead atoms. The van der Waals surface area contributed by atoms with Gasteiger partial charge in [-0.15, -0.1) is 0 Å². The van der Waals surface area contributed by atoms with Crippen molar-refractivity contribution in [2.75, 3.05) is 0 Å². The molecule has 0 rings (SSSR count). The number of rotatable bonds is 5. The second kappa shape index (κ2) is 5.66. The Morgan fingerprint density at radius 2 is 1.83 bits per heavy atom. The second-order valence-corrected chi connectivity index (χ2v) is 4.10. The first-order valence-electron chi connectivity index (χ1n) is 4.38. The van der Waals surface area contributed by atoms with Crippen molar-refractivity contribution in [2.24, 2.45) is 5.92 Å². The molecule has 0 heterocycles. The van der Waals surface area contributed by atoms with Crippen molar-refractivity contribution in [3.05, 3.63) is 0 Å². The fourth-order valence-electron chi connectivity index (χ4n) is 1.13. The van der Waals surface area contributed by atoms with Gasteiger partial charge in [-0.2, -0.15) is 0 Å². The molecule has 0 saturated heterocycles. The summed E-state index contributed by atoms with van der Waals surface area (Å²) in [7, 11) is 2.21. The Hall–Kier alpha value is 0.0600. The van der Waals surface area contributed by atoms with Crippen LogP contribution >= 0.6 is 9.24 Å². The summed E-state index contributed by atoms with van der Waals surface area (Å²) in [6.45, 7) is 7.94. The zero-order chi connectivity index (χ0) is 9.72. The van der Waals surface area contributed by atoms with Crippen molar-refractivity contribution < 1.29 is 9.53 Å². The highest BCUT2D eigenvalue weighted by Crippen LogP contribution is 2.13. The highest BCUT2D eigenvalue weighted by Gasteiger charge is 2.13. The average molecular weight is 190 g/mol. The van der Waals surface area contributed by atoms with Crippen LogP contribution < -0.4 is 0 Å². The Morgan fingerprint density at radius 1 is 1.33 bits per heavy atom. The molecule has 0 fully saturated rings. The molecule has 0 aromatic carbocycles. The van der Waals surface area contributed by atoms with Gasteiger partial charge in [-0.05, 0) is 27.2 Å². The van der Waals surface area contributed by atoms with Crippen molar-refractivity contribution in [3.8, 4) is 0 Å². The van der Waals surface area contributed by atoms with E-state index in [1.54, 1.807) is 0 Å². The van der Waals surface area contributed by atoms with Gasteiger partial charge in [-0.25, -0.2) is 0 Å². The quantitative estimate of drug-likeness (QED) is 0.621. The molecule has 2 nitrogen and oxygen atoms in total. The Labute approximate surface area is 77.3 Å². The maximum atomic E-state index is 10.9. The topological polar surface area (TPSA) is 26.3 Å². The first kappa shape index (κ1) is 12.1. The number of carbonyl (C=O) groups excluding carboxylic acids is 1. The van der Waals surface area contributed by atoms with Crippen LogP contribution in [0.2, 0.25) is 0 Å². The molecular formula is C9H19O2P. The van der Waals surface area contributed by atoms with Gasteiger partial charge in [0, 0.05) is 5.92 Å². The van der Waals surface area contributed by atoms with Gasteiger partial charge in [0.05, 0.1) is 12.2 Å². The number of hydrogen-bond donors (Lipinski definition) is 0. The van der Waals surface area contributed by atoms with E-state index in [9.17, 15) is 4.79 Å². The lowest BCUT2D eigenvalue weighted by atomic mass is 10.1. The van der Waals surface area contributed by atoms with Gasteiger partial charge in [0.2, 0.25) is 0 Å². The summed E-state index contributed by atoms with van der Waals surface area (Å²) in [4.78, 5) is 10.9. The van der Waals surface area contributed by atoms with E-state index in [4.69, 9.17) is 4.74 Å². The third-order valence-electron chi connectivity index (χ3n) is 1.68. The zero-order valence-corrected chi connectivity index (χ0v) is 9.49. The third kappa shape index (κ3) is 5.68. The minimum absolute atomic E-state index is 0.0868.